The van der Waals surface area contributed by atoms with E-state index in [1.165, 1.54) is 18.7 Å². The first-order valence-corrected chi connectivity index (χ1v) is 12.5. The number of aliphatic carboxylic acids is 1. The Labute approximate surface area is 204 Å². The van der Waals surface area contributed by atoms with Gasteiger partial charge in [-0.1, -0.05) is 44.2 Å². The molecule has 190 valence electrons. The molecule has 0 aromatic heterocycles. The van der Waals surface area contributed by atoms with Crippen LogP contribution in [0.3, 0.4) is 0 Å². The molecule has 0 heterocycles. The van der Waals surface area contributed by atoms with E-state index in [4.69, 9.17) is 5.73 Å². The molecule has 0 aliphatic carbocycles. The highest BCUT2D eigenvalue weighted by Crippen LogP contribution is 2.07. The molecule has 0 fully saturated rings. The number of nitrogens with two attached hydrogens (primary N) is 1. The summed E-state index contributed by atoms with van der Waals surface area (Å²) in [5.74, 6) is -2.91. The van der Waals surface area contributed by atoms with Gasteiger partial charge in [0.25, 0.3) is 0 Å². The minimum Gasteiger partial charge on any atom is -0.480 e. The van der Waals surface area contributed by atoms with Crippen LogP contribution in [0.4, 0.5) is 0 Å². The van der Waals surface area contributed by atoms with E-state index in [1.54, 1.807) is 44.2 Å². The van der Waals surface area contributed by atoms with Crippen LogP contribution in [-0.2, 0) is 25.6 Å². The lowest BCUT2D eigenvalue weighted by molar-refractivity contribution is -0.142. The normalized spacial score (nSPS) is 15.5. The van der Waals surface area contributed by atoms with Crippen LogP contribution in [-0.4, -0.2) is 76.2 Å². The second-order valence-electron chi connectivity index (χ2n) is 8.43. The number of aliphatic hydroxyl groups excluding tert-OH is 1. The summed E-state index contributed by atoms with van der Waals surface area (Å²) in [6, 6.07) is 4.40. The number of carboxylic acids is 1. The second kappa shape index (κ2) is 14.6. The Bertz CT molecular complexity index is 821. The van der Waals surface area contributed by atoms with E-state index in [0.29, 0.717) is 5.75 Å². The number of carboxylic acid groups (broad SMARTS) is 1. The van der Waals surface area contributed by atoms with Crippen molar-refractivity contribution < 1.29 is 29.4 Å². The lowest BCUT2D eigenvalue weighted by Crippen LogP contribution is -2.60. The van der Waals surface area contributed by atoms with E-state index in [-0.39, 0.29) is 18.8 Å². The van der Waals surface area contributed by atoms with Crippen LogP contribution in [0.15, 0.2) is 30.3 Å². The molecule has 0 saturated heterocycles. The zero-order chi connectivity index (χ0) is 25.8. The smallest absolute Gasteiger partial charge is 0.326 e. The van der Waals surface area contributed by atoms with Gasteiger partial charge in [0, 0.05) is 6.42 Å². The largest absolute Gasteiger partial charge is 0.480 e. The van der Waals surface area contributed by atoms with Crippen molar-refractivity contribution in [2.75, 3.05) is 12.0 Å². The van der Waals surface area contributed by atoms with Gasteiger partial charge in [0.2, 0.25) is 17.7 Å². The maximum absolute atomic E-state index is 12.9. The number of thioether (sulfide) groups is 1. The number of hydrogen-bond donors (Lipinski definition) is 6. The van der Waals surface area contributed by atoms with Crippen molar-refractivity contribution in [2.24, 2.45) is 11.7 Å². The fraction of sp³-hybridized carbons (Fsp3) is 0.565. The van der Waals surface area contributed by atoms with E-state index in [0.717, 1.165) is 5.56 Å². The molecule has 0 aliphatic rings. The van der Waals surface area contributed by atoms with E-state index in [2.05, 4.69) is 16.0 Å². The average Bonchev–Trinajstić information content (AvgIpc) is 2.78. The van der Waals surface area contributed by atoms with Crippen molar-refractivity contribution >= 4 is 35.5 Å². The molecular formula is C23H36N4O6S. The molecule has 5 unspecified atom stereocenters. The number of amides is 3. The zero-order valence-corrected chi connectivity index (χ0v) is 20.8. The van der Waals surface area contributed by atoms with Gasteiger partial charge in [-0.25, -0.2) is 4.79 Å². The van der Waals surface area contributed by atoms with Crippen LogP contribution in [0.5, 0.6) is 0 Å². The van der Waals surface area contributed by atoms with Gasteiger partial charge < -0.3 is 31.9 Å². The van der Waals surface area contributed by atoms with Gasteiger partial charge in [0.1, 0.15) is 18.1 Å². The predicted molar refractivity (Wildman–Crippen MR) is 131 cm³/mol. The Morgan fingerprint density at radius 2 is 1.53 bits per heavy atom. The first-order chi connectivity index (χ1) is 16.0. The Hall–Kier alpha value is -2.63. The standard InChI is InChI=1S/C23H36N4O6S/c1-13(2)18(24)21(30)27-19(14(3)28)22(31)25-16(10-11-34-4)20(29)26-17(23(32)33)12-15-8-6-5-7-9-15/h5-9,13-14,16-19,28H,10-12,24H2,1-4H3,(H,25,31)(H,26,29)(H,27,30)(H,32,33). The molecule has 34 heavy (non-hydrogen) atoms. The number of rotatable bonds is 14. The van der Waals surface area contributed by atoms with Crippen molar-refractivity contribution in [1.29, 1.82) is 0 Å². The van der Waals surface area contributed by atoms with Crippen molar-refractivity contribution in [3.63, 3.8) is 0 Å². The van der Waals surface area contributed by atoms with Crippen molar-refractivity contribution in [1.82, 2.24) is 16.0 Å². The van der Waals surface area contributed by atoms with Gasteiger partial charge in [-0.2, -0.15) is 11.8 Å². The summed E-state index contributed by atoms with van der Waals surface area (Å²) in [5, 5.41) is 27.1. The van der Waals surface area contributed by atoms with Crippen LogP contribution >= 0.6 is 11.8 Å². The Morgan fingerprint density at radius 3 is 2.03 bits per heavy atom. The zero-order valence-electron chi connectivity index (χ0n) is 20.0. The Morgan fingerprint density at radius 1 is 0.941 bits per heavy atom. The highest BCUT2D eigenvalue weighted by molar-refractivity contribution is 7.98. The van der Waals surface area contributed by atoms with E-state index in [9.17, 15) is 29.4 Å². The second-order valence-corrected chi connectivity index (χ2v) is 9.41. The van der Waals surface area contributed by atoms with Crippen LogP contribution in [0, 0.1) is 5.92 Å². The summed E-state index contributed by atoms with van der Waals surface area (Å²) in [5.41, 5.74) is 6.56. The minimum atomic E-state index is -1.33. The molecule has 1 aromatic carbocycles. The number of hydrogen-bond acceptors (Lipinski definition) is 7. The average molecular weight is 497 g/mol. The summed E-state index contributed by atoms with van der Waals surface area (Å²) in [6.07, 6.45) is 0.878. The molecule has 0 saturated carbocycles. The highest BCUT2D eigenvalue weighted by Gasteiger charge is 2.32. The van der Waals surface area contributed by atoms with Gasteiger partial charge in [-0.05, 0) is 36.8 Å². The summed E-state index contributed by atoms with van der Waals surface area (Å²) in [4.78, 5) is 49.9. The van der Waals surface area contributed by atoms with Crippen LogP contribution in [0.2, 0.25) is 0 Å². The van der Waals surface area contributed by atoms with Crippen molar-refractivity contribution in [3.8, 4) is 0 Å². The summed E-state index contributed by atoms with van der Waals surface area (Å²) in [7, 11) is 0. The molecule has 11 heteroatoms. The quantitative estimate of drug-likeness (QED) is 0.207. The number of benzene rings is 1. The monoisotopic (exact) mass is 496 g/mol. The third-order valence-corrected chi connectivity index (χ3v) is 5.87. The summed E-state index contributed by atoms with van der Waals surface area (Å²) < 4.78 is 0. The summed E-state index contributed by atoms with van der Waals surface area (Å²) >= 11 is 1.45. The number of carbonyl (C=O) groups excluding carboxylic acids is 3. The molecule has 5 atom stereocenters. The third-order valence-electron chi connectivity index (χ3n) is 5.22. The molecule has 0 radical (unpaired) electrons. The lowest BCUT2D eigenvalue weighted by Gasteiger charge is -2.27. The van der Waals surface area contributed by atoms with Gasteiger partial charge in [0.15, 0.2) is 0 Å². The van der Waals surface area contributed by atoms with Gasteiger partial charge in [-0.3, -0.25) is 14.4 Å². The minimum absolute atomic E-state index is 0.0740. The topological polar surface area (TPSA) is 171 Å². The molecule has 1 aromatic rings. The number of carbonyl (C=O) groups is 4. The van der Waals surface area contributed by atoms with Gasteiger partial charge in [0.05, 0.1) is 12.1 Å². The van der Waals surface area contributed by atoms with Gasteiger partial charge >= 0.3 is 5.97 Å². The van der Waals surface area contributed by atoms with E-state index in [1.807, 2.05) is 6.26 Å². The molecule has 0 spiro atoms. The lowest BCUT2D eigenvalue weighted by atomic mass is 10.0. The fourth-order valence-electron chi connectivity index (χ4n) is 3.05. The fourth-order valence-corrected chi connectivity index (χ4v) is 3.52. The van der Waals surface area contributed by atoms with Crippen LogP contribution < -0.4 is 21.7 Å². The predicted octanol–water partition coefficient (Wildman–Crippen LogP) is -0.115. The first kappa shape index (κ1) is 29.4. The maximum atomic E-state index is 12.9. The van der Waals surface area contributed by atoms with Crippen molar-refractivity contribution in [2.45, 2.75) is 63.9 Å². The molecule has 3 amide bonds. The van der Waals surface area contributed by atoms with E-state index >= 15 is 0 Å². The van der Waals surface area contributed by atoms with Crippen molar-refractivity contribution in [3.05, 3.63) is 35.9 Å². The SMILES string of the molecule is CSCCC(NC(=O)C(NC(=O)C(N)C(C)C)C(C)O)C(=O)NC(Cc1ccccc1)C(=O)O. The number of aliphatic hydroxyl groups is 1. The molecule has 1 rings (SSSR count). The molecule has 0 aliphatic heterocycles. The van der Waals surface area contributed by atoms with Crippen LogP contribution in [0.1, 0.15) is 32.8 Å². The molecule has 10 nitrogen and oxygen atoms in total. The van der Waals surface area contributed by atoms with E-state index < -0.39 is 54.0 Å². The Balaban J connectivity index is 2.96. The number of nitrogens with one attached hydrogen (secondary N) is 3. The van der Waals surface area contributed by atoms with Crippen LogP contribution in [0.25, 0.3) is 0 Å². The van der Waals surface area contributed by atoms with Gasteiger partial charge in [-0.15, -0.1) is 0 Å². The first-order valence-electron chi connectivity index (χ1n) is 11.1. The molecular weight excluding hydrogens is 460 g/mol. The highest BCUT2D eigenvalue weighted by atomic mass is 32.2. The Kier molecular flexibility index (Phi) is 12.6. The molecule has 0 bridgehead atoms. The third kappa shape index (κ3) is 9.70. The summed E-state index contributed by atoms with van der Waals surface area (Å²) in [6.45, 7) is 4.83. The maximum Gasteiger partial charge on any atom is 0.326 e. The molecule has 7 N–H and O–H groups in total.